The lowest BCUT2D eigenvalue weighted by atomic mass is 9.92. The van der Waals surface area contributed by atoms with Crippen LogP contribution in [-0.2, 0) is 20.0 Å². The van der Waals surface area contributed by atoms with E-state index in [0.29, 0.717) is 13.0 Å². The number of Topliss-reactive ketones (excluding diaryl/α,β-unsaturated/α-hetero) is 1. The zero-order valence-electron chi connectivity index (χ0n) is 19.3. The SMILES string of the molecule is Cc1nc2sccn2c(=O)c1CCN1CCC(=C2c3ccn(C)c3C(=O)Cn3ccnc32)CC1. The molecule has 6 heterocycles. The fraction of sp³-hybridized carbons (Fsp3) is 0.360. The average molecular weight is 475 g/mol. The molecule has 0 radical (unpaired) electrons. The molecule has 9 heteroatoms. The van der Waals surface area contributed by atoms with Crippen LogP contribution in [0.1, 0.15) is 46.0 Å². The number of carbonyl (C=O) groups is 1. The van der Waals surface area contributed by atoms with E-state index in [-0.39, 0.29) is 11.3 Å². The Hall–Kier alpha value is -3.30. The molecule has 6 rings (SSSR count). The fourth-order valence-corrected chi connectivity index (χ4v) is 6.07. The predicted molar refractivity (Wildman–Crippen MR) is 131 cm³/mol. The monoisotopic (exact) mass is 474 g/mol. The van der Waals surface area contributed by atoms with Gasteiger partial charge in [0.05, 0.1) is 12.2 Å². The molecule has 0 amide bonds. The molecule has 0 saturated carbocycles. The van der Waals surface area contributed by atoms with Crippen molar-refractivity contribution in [3.63, 3.8) is 0 Å². The number of ketones is 1. The van der Waals surface area contributed by atoms with E-state index in [2.05, 4.69) is 20.9 Å². The minimum absolute atomic E-state index is 0.0510. The number of hydrogen-bond donors (Lipinski definition) is 0. The Balaban J connectivity index is 1.25. The maximum atomic E-state index is 12.9. The Kier molecular flexibility index (Phi) is 5.11. The summed E-state index contributed by atoms with van der Waals surface area (Å²) in [5, 5.41) is 1.90. The molecule has 8 nitrogen and oxygen atoms in total. The van der Waals surface area contributed by atoms with Gasteiger partial charge < -0.3 is 14.0 Å². The first kappa shape index (κ1) is 21.2. The molecule has 0 N–H and O–H groups in total. The van der Waals surface area contributed by atoms with Gasteiger partial charge in [-0.15, -0.1) is 11.3 Å². The lowest BCUT2D eigenvalue weighted by molar-refractivity contribution is 0.0965. The zero-order valence-corrected chi connectivity index (χ0v) is 20.1. The van der Waals surface area contributed by atoms with Crippen LogP contribution in [0, 0.1) is 6.92 Å². The van der Waals surface area contributed by atoms with Gasteiger partial charge in [0.2, 0.25) is 0 Å². The summed E-state index contributed by atoms with van der Waals surface area (Å²) in [4.78, 5) is 38.2. The fourth-order valence-electron chi connectivity index (χ4n) is 5.31. The largest absolute Gasteiger partial charge is 0.348 e. The molecule has 4 aromatic heterocycles. The summed E-state index contributed by atoms with van der Waals surface area (Å²) in [6.45, 7) is 4.93. The highest BCUT2D eigenvalue weighted by molar-refractivity contribution is 7.15. The second-order valence-corrected chi connectivity index (χ2v) is 9.97. The maximum Gasteiger partial charge on any atom is 0.261 e. The van der Waals surface area contributed by atoms with Gasteiger partial charge in [-0.05, 0) is 32.3 Å². The Labute approximate surface area is 200 Å². The number of nitrogens with zero attached hydrogens (tertiary/aromatic N) is 6. The number of fused-ring (bicyclic) bond motifs is 3. The van der Waals surface area contributed by atoms with Gasteiger partial charge in [0.1, 0.15) is 5.82 Å². The minimum atomic E-state index is 0.0510. The van der Waals surface area contributed by atoms with Gasteiger partial charge >= 0.3 is 0 Å². The minimum Gasteiger partial charge on any atom is -0.348 e. The van der Waals surface area contributed by atoms with E-state index in [1.807, 2.05) is 40.9 Å². The van der Waals surface area contributed by atoms with Gasteiger partial charge in [0.15, 0.2) is 10.7 Å². The van der Waals surface area contributed by atoms with Gasteiger partial charge in [-0.25, -0.2) is 9.97 Å². The Bertz CT molecular complexity index is 1510. The predicted octanol–water partition coefficient (Wildman–Crippen LogP) is 2.94. The summed E-state index contributed by atoms with van der Waals surface area (Å²) in [6, 6.07) is 2.05. The third-order valence-corrected chi connectivity index (χ3v) is 7.87. The number of aromatic nitrogens is 5. The van der Waals surface area contributed by atoms with E-state index >= 15 is 0 Å². The van der Waals surface area contributed by atoms with Crippen molar-refractivity contribution < 1.29 is 4.79 Å². The van der Waals surface area contributed by atoms with Crippen molar-refractivity contribution in [2.45, 2.75) is 32.7 Å². The molecule has 0 atom stereocenters. The lowest BCUT2D eigenvalue weighted by Gasteiger charge is -2.29. The van der Waals surface area contributed by atoms with Crippen LogP contribution < -0.4 is 5.56 Å². The van der Waals surface area contributed by atoms with Crippen LogP contribution in [0.4, 0.5) is 0 Å². The first-order valence-electron chi connectivity index (χ1n) is 11.6. The van der Waals surface area contributed by atoms with Crippen molar-refractivity contribution in [1.29, 1.82) is 0 Å². The van der Waals surface area contributed by atoms with Crippen molar-refractivity contribution in [2.75, 3.05) is 19.6 Å². The lowest BCUT2D eigenvalue weighted by Crippen LogP contribution is -2.34. The van der Waals surface area contributed by atoms with E-state index < -0.39 is 0 Å². The summed E-state index contributed by atoms with van der Waals surface area (Å²) < 4.78 is 5.55. The van der Waals surface area contributed by atoms with E-state index in [9.17, 15) is 9.59 Å². The number of aryl methyl sites for hydroxylation is 2. The van der Waals surface area contributed by atoms with Crippen molar-refractivity contribution in [1.82, 2.24) is 28.4 Å². The maximum absolute atomic E-state index is 12.9. The summed E-state index contributed by atoms with van der Waals surface area (Å²) in [6.07, 6.45) is 9.99. The molecule has 2 aliphatic rings. The summed E-state index contributed by atoms with van der Waals surface area (Å²) >= 11 is 1.49. The molecule has 1 saturated heterocycles. The summed E-state index contributed by atoms with van der Waals surface area (Å²) in [5.74, 6) is 1.01. The summed E-state index contributed by atoms with van der Waals surface area (Å²) in [7, 11) is 1.93. The molecule has 0 unspecified atom stereocenters. The van der Waals surface area contributed by atoms with Crippen LogP contribution in [0.2, 0.25) is 0 Å². The number of imidazole rings is 1. The van der Waals surface area contributed by atoms with E-state index in [4.69, 9.17) is 0 Å². The highest BCUT2D eigenvalue weighted by Gasteiger charge is 2.30. The normalized spacial score (nSPS) is 16.7. The zero-order chi connectivity index (χ0) is 23.4. The molecule has 0 aromatic carbocycles. The molecular formula is C25H26N6O2S. The van der Waals surface area contributed by atoms with E-state index in [0.717, 1.165) is 71.3 Å². The van der Waals surface area contributed by atoms with Crippen LogP contribution in [-0.4, -0.2) is 53.8 Å². The Morgan fingerprint density at radius 3 is 2.76 bits per heavy atom. The summed E-state index contributed by atoms with van der Waals surface area (Å²) in [5.41, 5.74) is 5.92. The number of thiazole rings is 1. The third-order valence-electron chi connectivity index (χ3n) is 7.12. The molecule has 174 valence electrons. The Morgan fingerprint density at radius 1 is 1.12 bits per heavy atom. The quantitative estimate of drug-likeness (QED) is 0.456. The van der Waals surface area contributed by atoms with Crippen LogP contribution in [0.15, 0.2) is 46.6 Å². The van der Waals surface area contributed by atoms with Crippen LogP contribution in [0.3, 0.4) is 0 Å². The molecule has 0 bridgehead atoms. The molecule has 0 aliphatic carbocycles. The van der Waals surface area contributed by atoms with Crippen LogP contribution in [0.5, 0.6) is 0 Å². The van der Waals surface area contributed by atoms with Crippen molar-refractivity contribution in [2.24, 2.45) is 7.05 Å². The van der Waals surface area contributed by atoms with Gasteiger partial charge in [-0.1, -0.05) is 5.57 Å². The van der Waals surface area contributed by atoms with Crippen LogP contribution in [0.25, 0.3) is 10.5 Å². The molecular weight excluding hydrogens is 448 g/mol. The van der Waals surface area contributed by atoms with Gasteiger partial charge in [0, 0.05) is 79.2 Å². The van der Waals surface area contributed by atoms with Gasteiger partial charge in [-0.2, -0.15) is 0 Å². The number of likely N-dealkylation sites (tertiary alicyclic amines) is 1. The third kappa shape index (κ3) is 3.38. The second kappa shape index (κ2) is 8.18. The second-order valence-electron chi connectivity index (χ2n) is 9.10. The van der Waals surface area contributed by atoms with Gasteiger partial charge in [0.25, 0.3) is 5.56 Å². The number of carbonyl (C=O) groups excluding carboxylic acids is 1. The van der Waals surface area contributed by atoms with E-state index in [1.54, 1.807) is 16.8 Å². The molecule has 0 spiro atoms. The van der Waals surface area contributed by atoms with Crippen molar-refractivity contribution >= 4 is 27.7 Å². The van der Waals surface area contributed by atoms with Crippen molar-refractivity contribution in [3.05, 3.63) is 80.5 Å². The number of hydrogen-bond acceptors (Lipinski definition) is 6. The van der Waals surface area contributed by atoms with Crippen LogP contribution >= 0.6 is 11.3 Å². The molecule has 34 heavy (non-hydrogen) atoms. The number of rotatable bonds is 3. The van der Waals surface area contributed by atoms with Crippen molar-refractivity contribution in [3.8, 4) is 0 Å². The standard InChI is InChI=1S/C25H26N6O2S/c1-16-18(24(33)31-13-14-34-25(31)27-16)6-11-29-9-3-17(4-10-29)21-19-5-8-28(2)22(19)20(32)15-30-12-7-26-23(21)30/h5,7-8,12-14H,3-4,6,9-11,15H2,1-2H3. The number of piperidine rings is 1. The first-order chi connectivity index (χ1) is 16.5. The average Bonchev–Trinajstić information content (AvgIpc) is 3.54. The first-order valence-corrected chi connectivity index (χ1v) is 12.5. The molecule has 4 aromatic rings. The topological polar surface area (TPSA) is 77.4 Å². The highest BCUT2D eigenvalue weighted by atomic mass is 32.1. The van der Waals surface area contributed by atoms with E-state index in [1.165, 1.54) is 16.9 Å². The highest BCUT2D eigenvalue weighted by Crippen LogP contribution is 2.36. The Morgan fingerprint density at radius 2 is 1.94 bits per heavy atom. The van der Waals surface area contributed by atoms with Gasteiger partial charge in [-0.3, -0.25) is 14.0 Å². The molecule has 2 aliphatic heterocycles. The molecule has 1 fully saturated rings. The smallest absolute Gasteiger partial charge is 0.261 e.